The van der Waals surface area contributed by atoms with Gasteiger partial charge in [-0.05, 0) is 18.2 Å². The monoisotopic (exact) mass is 273 g/mol. The van der Waals surface area contributed by atoms with E-state index >= 15 is 0 Å². The summed E-state index contributed by atoms with van der Waals surface area (Å²) in [4.78, 5) is 27.5. The van der Waals surface area contributed by atoms with E-state index in [-0.39, 0.29) is 30.2 Å². The Hall–Kier alpha value is -2.60. The first-order valence-corrected chi connectivity index (χ1v) is 6.09. The van der Waals surface area contributed by atoms with Gasteiger partial charge in [-0.25, -0.2) is 0 Å². The van der Waals surface area contributed by atoms with E-state index in [2.05, 4.69) is 4.98 Å². The van der Waals surface area contributed by atoms with Gasteiger partial charge in [0.05, 0.1) is 18.0 Å². The zero-order chi connectivity index (χ0) is 14.5. The van der Waals surface area contributed by atoms with Crippen molar-refractivity contribution in [3.05, 3.63) is 58.5 Å². The number of nitrogens with one attached hydrogen (secondary N) is 1. The molecule has 1 aromatic heterocycles. The summed E-state index contributed by atoms with van der Waals surface area (Å²) in [5, 5.41) is 9.14. The van der Waals surface area contributed by atoms with E-state index in [1.54, 1.807) is 24.3 Å². The first-order chi connectivity index (χ1) is 9.63. The molecule has 0 aliphatic carbocycles. The molecule has 6 heteroatoms. The maximum Gasteiger partial charge on any atom is 0.258 e. The van der Waals surface area contributed by atoms with Crippen LogP contribution in [0.2, 0.25) is 0 Å². The molecule has 6 nitrogen and oxygen atoms in total. The number of carbonyl (C=O) groups is 1. The van der Waals surface area contributed by atoms with Crippen molar-refractivity contribution in [1.82, 2.24) is 4.98 Å². The van der Waals surface area contributed by atoms with E-state index in [0.717, 1.165) is 0 Å². The molecule has 0 atom stereocenters. The molecule has 104 valence electrons. The van der Waals surface area contributed by atoms with Crippen molar-refractivity contribution < 1.29 is 9.90 Å². The van der Waals surface area contributed by atoms with E-state index in [9.17, 15) is 9.59 Å². The summed E-state index contributed by atoms with van der Waals surface area (Å²) < 4.78 is 0. The summed E-state index contributed by atoms with van der Waals surface area (Å²) in [6, 6.07) is 9.59. The number of hydrogen-bond donors (Lipinski definition) is 3. The molecule has 0 radical (unpaired) electrons. The largest absolute Gasteiger partial charge is 0.397 e. The molecule has 0 bridgehead atoms. The van der Waals surface area contributed by atoms with Gasteiger partial charge in [0, 0.05) is 24.4 Å². The molecule has 1 heterocycles. The van der Waals surface area contributed by atoms with Crippen LogP contribution in [0.15, 0.2) is 47.4 Å². The summed E-state index contributed by atoms with van der Waals surface area (Å²) >= 11 is 0. The van der Waals surface area contributed by atoms with E-state index in [0.29, 0.717) is 11.4 Å². The van der Waals surface area contributed by atoms with Crippen LogP contribution in [-0.2, 0) is 0 Å². The molecular formula is C14H15N3O3. The Morgan fingerprint density at radius 3 is 2.70 bits per heavy atom. The van der Waals surface area contributed by atoms with Crippen molar-refractivity contribution in [3.8, 4) is 0 Å². The van der Waals surface area contributed by atoms with Crippen molar-refractivity contribution in [2.24, 2.45) is 0 Å². The molecule has 1 amide bonds. The Morgan fingerprint density at radius 1 is 1.30 bits per heavy atom. The van der Waals surface area contributed by atoms with Gasteiger partial charge in [0.15, 0.2) is 0 Å². The van der Waals surface area contributed by atoms with Crippen LogP contribution < -0.4 is 16.2 Å². The van der Waals surface area contributed by atoms with Crippen LogP contribution in [0.25, 0.3) is 0 Å². The number of aromatic amines is 1. The van der Waals surface area contributed by atoms with E-state index in [4.69, 9.17) is 10.8 Å². The molecule has 0 aliphatic heterocycles. The van der Waals surface area contributed by atoms with Crippen molar-refractivity contribution >= 4 is 17.3 Å². The Balaban J connectivity index is 2.41. The fraction of sp³-hybridized carbons (Fsp3) is 0.143. The molecule has 0 saturated heterocycles. The number of benzene rings is 1. The summed E-state index contributed by atoms with van der Waals surface area (Å²) in [6.07, 6.45) is 1.40. The normalized spacial score (nSPS) is 10.2. The topological polar surface area (TPSA) is 99.4 Å². The van der Waals surface area contributed by atoms with Crippen LogP contribution in [-0.4, -0.2) is 29.1 Å². The number of rotatable bonds is 4. The second kappa shape index (κ2) is 6.03. The van der Waals surface area contributed by atoms with Crippen LogP contribution in [0.5, 0.6) is 0 Å². The lowest BCUT2D eigenvalue weighted by Crippen LogP contribution is -2.34. The molecule has 0 unspecified atom stereocenters. The molecule has 2 rings (SSSR count). The zero-order valence-electron chi connectivity index (χ0n) is 10.7. The van der Waals surface area contributed by atoms with Crippen molar-refractivity contribution in [2.75, 3.05) is 23.8 Å². The molecule has 0 aliphatic rings. The zero-order valence-corrected chi connectivity index (χ0v) is 10.7. The Morgan fingerprint density at radius 2 is 2.05 bits per heavy atom. The Bertz CT molecular complexity index is 666. The second-order valence-corrected chi connectivity index (χ2v) is 4.18. The number of para-hydroxylation sites is 2. The average molecular weight is 273 g/mol. The molecule has 1 aromatic carbocycles. The van der Waals surface area contributed by atoms with Gasteiger partial charge < -0.3 is 20.7 Å². The summed E-state index contributed by atoms with van der Waals surface area (Å²) in [5.74, 6) is -0.386. The number of amides is 1. The molecule has 0 saturated carbocycles. The minimum absolute atomic E-state index is 0.0971. The lowest BCUT2D eigenvalue weighted by molar-refractivity contribution is 0.0981. The lowest BCUT2D eigenvalue weighted by atomic mass is 10.2. The number of aliphatic hydroxyl groups is 1. The Labute approximate surface area is 115 Å². The third-order valence-electron chi connectivity index (χ3n) is 2.82. The van der Waals surface area contributed by atoms with Crippen LogP contribution in [0.1, 0.15) is 10.4 Å². The highest BCUT2D eigenvalue weighted by molar-refractivity contribution is 6.07. The number of carbonyl (C=O) groups excluding carboxylic acids is 1. The molecule has 20 heavy (non-hydrogen) atoms. The third kappa shape index (κ3) is 2.86. The number of hydrogen-bond acceptors (Lipinski definition) is 4. The van der Waals surface area contributed by atoms with Crippen LogP contribution in [0.3, 0.4) is 0 Å². The summed E-state index contributed by atoms with van der Waals surface area (Å²) in [7, 11) is 0. The van der Waals surface area contributed by atoms with Gasteiger partial charge in [0.1, 0.15) is 0 Å². The van der Waals surface area contributed by atoms with Crippen LogP contribution in [0.4, 0.5) is 11.4 Å². The minimum atomic E-state index is -0.386. The summed E-state index contributed by atoms with van der Waals surface area (Å²) in [6.45, 7) is -0.108. The highest BCUT2D eigenvalue weighted by Crippen LogP contribution is 2.23. The van der Waals surface area contributed by atoms with Crippen molar-refractivity contribution in [2.45, 2.75) is 0 Å². The van der Waals surface area contributed by atoms with Crippen molar-refractivity contribution in [1.29, 1.82) is 0 Å². The van der Waals surface area contributed by atoms with E-state index < -0.39 is 0 Å². The van der Waals surface area contributed by atoms with Gasteiger partial charge >= 0.3 is 0 Å². The van der Waals surface area contributed by atoms with Gasteiger partial charge in [-0.2, -0.15) is 0 Å². The molecule has 4 N–H and O–H groups in total. The summed E-state index contributed by atoms with van der Waals surface area (Å²) in [5.41, 5.74) is 6.67. The molecule has 2 aromatic rings. The number of aromatic nitrogens is 1. The quantitative estimate of drug-likeness (QED) is 0.710. The van der Waals surface area contributed by atoms with Crippen molar-refractivity contribution in [3.63, 3.8) is 0 Å². The fourth-order valence-corrected chi connectivity index (χ4v) is 1.90. The van der Waals surface area contributed by atoms with Gasteiger partial charge in [0.2, 0.25) is 5.56 Å². The van der Waals surface area contributed by atoms with Crippen LogP contribution in [0, 0.1) is 0 Å². The number of nitrogens with two attached hydrogens (primary N) is 1. The van der Waals surface area contributed by atoms with Gasteiger partial charge in [-0.15, -0.1) is 0 Å². The molecule has 0 spiro atoms. The van der Waals surface area contributed by atoms with E-state index in [1.165, 1.54) is 23.2 Å². The SMILES string of the molecule is Nc1ccccc1N(CCO)C(=O)c1cc[nH]c(=O)c1. The number of nitrogen functional groups attached to an aromatic ring is 1. The Kier molecular flexibility index (Phi) is 4.17. The smallest absolute Gasteiger partial charge is 0.258 e. The maximum absolute atomic E-state index is 12.4. The number of nitrogens with zero attached hydrogens (tertiary/aromatic N) is 1. The number of pyridine rings is 1. The first kappa shape index (κ1) is 13.8. The standard InChI is InChI=1S/C14H15N3O3/c15-11-3-1-2-4-12(11)17(7-8-18)14(20)10-5-6-16-13(19)9-10/h1-6,9,18H,7-8,15H2,(H,16,19). The van der Waals surface area contributed by atoms with Gasteiger partial charge in [-0.3, -0.25) is 9.59 Å². The number of anilines is 2. The van der Waals surface area contributed by atoms with Gasteiger partial charge in [-0.1, -0.05) is 12.1 Å². The van der Waals surface area contributed by atoms with E-state index in [1.807, 2.05) is 0 Å². The van der Waals surface area contributed by atoms with Gasteiger partial charge in [0.25, 0.3) is 5.91 Å². The average Bonchev–Trinajstić information content (AvgIpc) is 2.45. The predicted octanol–water partition coefficient (Wildman–Crippen LogP) is 0.596. The molecular weight excluding hydrogens is 258 g/mol. The highest BCUT2D eigenvalue weighted by atomic mass is 16.3. The first-order valence-electron chi connectivity index (χ1n) is 6.09. The number of H-pyrrole nitrogens is 1. The third-order valence-corrected chi connectivity index (χ3v) is 2.82. The second-order valence-electron chi connectivity index (χ2n) is 4.18. The lowest BCUT2D eigenvalue weighted by Gasteiger charge is -2.23. The molecule has 0 fully saturated rings. The van der Waals surface area contributed by atoms with Crippen LogP contribution >= 0.6 is 0 Å². The maximum atomic E-state index is 12.4. The fourth-order valence-electron chi connectivity index (χ4n) is 1.90. The predicted molar refractivity (Wildman–Crippen MR) is 76.7 cm³/mol. The minimum Gasteiger partial charge on any atom is -0.397 e. The highest BCUT2D eigenvalue weighted by Gasteiger charge is 2.19. The number of aliphatic hydroxyl groups excluding tert-OH is 1.